The number of rotatable bonds is 1. The van der Waals surface area contributed by atoms with Crippen LogP contribution in [-0.2, 0) is 4.74 Å². The number of hydrogen-bond acceptors (Lipinski definition) is 3. The first-order chi connectivity index (χ1) is 7.79. The maximum absolute atomic E-state index is 12.2. The van der Waals surface area contributed by atoms with E-state index in [2.05, 4.69) is 0 Å². The van der Waals surface area contributed by atoms with E-state index in [9.17, 15) is 4.79 Å². The van der Waals surface area contributed by atoms with Crippen LogP contribution in [0.2, 0.25) is 0 Å². The predicted octanol–water partition coefficient (Wildman–Crippen LogP) is 2.31. The van der Waals surface area contributed by atoms with Crippen molar-refractivity contribution in [2.24, 2.45) is 0 Å². The van der Waals surface area contributed by atoms with Gasteiger partial charge in [-0.15, -0.1) is 0 Å². The zero-order valence-electron chi connectivity index (χ0n) is 10.8. The van der Waals surface area contributed by atoms with Crippen LogP contribution >= 0.6 is 0 Å². The molecule has 1 aromatic heterocycles. The van der Waals surface area contributed by atoms with Crippen LogP contribution in [0.3, 0.4) is 0 Å². The first-order valence-electron chi connectivity index (χ1n) is 5.82. The van der Waals surface area contributed by atoms with Gasteiger partial charge in [0, 0.05) is 13.1 Å². The number of morpholine rings is 1. The Bertz CT molecular complexity index is 390. The predicted molar refractivity (Wildman–Crippen MR) is 63.9 cm³/mol. The molecular formula is C13H19NO3. The standard InChI is InChI=1S/C13H19NO3/c1-12(2)8-14(9-13(3,4)17-12)11(15)10-6-5-7-16-10/h5-7H,8-9H2,1-4H3. The first kappa shape index (κ1) is 12.2. The molecule has 0 atom stereocenters. The summed E-state index contributed by atoms with van der Waals surface area (Å²) in [6, 6.07) is 3.42. The molecule has 4 nitrogen and oxygen atoms in total. The molecule has 94 valence electrons. The molecule has 2 rings (SSSR count). The smallest absolute Gasteiger partial charge is 0.289 e. The summed E-state index contributed by atoms with van der Waals surface area (Å²) in [6.45, 7) is 9.14. The Morgan fingerprint density at radius 3 is 2.29 bits per heavy atom. The van der Waals surface area contributed by atoms with Crippen molar-refractivity contribution in [3.63, 3.8) is 0 Å². The minimum atomic E-state index is -0.329. The number of ether oxygens (including phenoxy) is 1. The van der Waals surface area contributed by atoms with E-state index >= 15 is 0 Å². The second-order valence-corrected chi connectivity index (χ2v) is 5.76. The topological polar surface area (TPSA) is 42.7 Å². The summed E-state index contributed by atoms with van der Waals surface area (Å²) < 4.78 is 11.1. The van der Waals surface area contributed by atoms with Gasteiger partial charge in [-0.3, -0.25) is 4.79 Å². The van der Waals surface area contributed by atoms with Crippen molar-refractivity contribution < 1.29 is 13.9 Å². The molecule has 1 amide bonds. The fourth-order valence-electron chi connectivity index (χ4n) is 2.49. The van der Waals surface area contributed by atoms with Crippen molar-refractivity contribution in [1.82, 2.24) is 4.90 Å². The van der Waals surface area contributed by atoms with Crippen molar-refractivity contribution in [2.75, 3.05) is 13.1 Å². The number of carbonyl (C=O) groups excluding carboxylic acids is 1. The van der Waals surface area contributed by atoms with Crippen molar-refractivity contribution in [1.29, 1.82) is 0 Å². The number of amides is 1. The average Bonchev–Trinajstić information content (AvgIpc) is 2.63. The third-order valence-corrected chi connectivity index (χ3v) is 2.72. The molecule has 0 bridgehead atoms. The maximum atomic E-state index is 12.2. The van der Waals surface area contributed by atoms with Crippen LogP contribution in [0, 0.1) is 0 Å². The van der Waals surface area contributed by atoms with Gasteiger partial charge in [0.15, 0.2) is 5.76 Å². The molecule has 0 unspecified atom stereocenters. The summed E-state index contributed by atoms with van der Waals surface area (Å²) in [4.78, 5) is 14.0. The van der Waals surface area contributed by atoms with E-state index in [1.807, 2.05) is 27.7 Å². The number of furan rings is 1. The second kappa shape index (κ2) is 3.88. The fourth-order valence-corrected chi connectivity index (χ4v) is 2.49. The largest absolute Gasteiger partial charge is 0.459 e. The van der Waals surface area contributed by atoms with Gasteiger partial charge in [-0.1, -0.05) is 0 Å². The lowest BCUT2D eigenvalue weighted by atomic mass is 9.99. The minimum absolute atomic E-state index is 0.0700. The van der Waals surface area contributed by atoms with E-state index in [0.717, 1.165) is 0 Å². The molecule has 0 N–H and O–H groups in total. The Kier molecular flexibility index (Phi) is 2.78. The molecule has 1 saturated heterocycles. The van der Waals surface area contributed by atoms with Gasteiger partial charge in [0.05, 0.1) is 17.5 Å². The highest BCUT2D eigenvalue weighted by atomic mass is 16.5. The Hall–Kier alpha value is -1.29. The normalized spacial score (nSPS) is 22.5. The monoisotopic (exact) mass is 237 g/mol. The van der Waals surface area contributed by atoms with Crippen molar-refractivity contribution in [3.8, 4) is 0 Å². The number of hydrogen-bond donors (Lipinski definition) is 0. The Labute approximate surface area is 102 Å². The number of carbonyl (C=O) groups is 1. The molecule has 1 aromatic rings. The molecular weight excluding hydrogens is 218 g/mol. The summed E-state index contributed by atoms with van der Waals surface area (Å²) in [5.41, 5.74) is -0.659. The van der Waals surface area contributed by atoms with E-state index in [-0.39, 0.29) is 17.1 Å². The van der Waals surface area contributed by atoms with Crippen LogP contribution in [-0.4, -0.2) is 35.1 Å². The Balaban J connectivity index is 2.19. The van der Waals surface area contributed by atoms with Crippen molar-refractivity contribution in [2.45, 2.75) is 38.9 Å². The number of nitrogens with zero attached hydrogens (tertiary/aromatic N) is 1. The molecule has 0 radical (unpaired) electrons. The highest BCUT2D eigenvalue weighted by Gasteiger charge is 2.40. The van der Waals surface area contributed by atoms with E-state index in [1.165, 1.54) is 6.26 Å². The van der Waals surface area contributed by atoms with E-state index in [0.29, 0.717) is 18.8 Å². The van der Waals surface area contributed by atoms with Gasteiger partial charge in [0.2, 0.25) is 0 Å². The molecule has 2 heterocycles. The van der Waals surface area contributed by atoms with Crippen LogP contribution in [0.1, 0.15) is 38.2 Å². The van der Waals surface area contributed by atoms with Crippen LogP contribution < -0.4 is 0 Å². The Morgan fingerprint density at radius 1 is 1.24 bits per heavy atom. The van der Waals surface area contributed by atoms with Crippen LogP contribution in [0.5, 0.6) is 0 Å². The molecule has 0 spiro atoms. The lowest BCUT2D eigenvalue weighted by Gasteiger charge is -2.46. The van der Waals surface area contributed by atoms with Gasteiger partial charge in [-0.25, -0.2) is 0 Å². The maximum Gasteiger partial charge on any atom is 0.289 e. The molecule has 4 heteroatoms. The molecule has 0 aliphatic carbocycles. The quantitative estimate of drug-likeness (QED) is 0.752. The minimum Gasteiger partial charge on any atom is -0.459 e. The van der Waals surface area contributed by atoms with Gasteiger partial charge in [0.1, 0.15) is 0 Å². The van der Waals surface area contributed by atoms with Gasteiger partial charge in [-0.05, 0) is 39.8 Å². The summed E-state index contributed by atoms with van der Waals surface area (Å²) in [7, 11) is 0. The summed E-state index contributed by atoms with van der Waals surface area (Å²) in [6.07, 6.45) is 1.52. The summed E-state index contributed by atoms with van der Waals surface area (Å²) in [5.74, 6) is 0.318. The second-order valence-electron chi connectivity index (χ2n) is 5.76. The van der Waals surface area contributed by atoms with Crippen LogP contribution in [0.4, 0.5) is 0 Å². The summed E-state index contributed by atoms with van der Waals surface area (Å²) in [5, 5.41) is 0. The van der Waals surface area contributed by atoms with E-state index in [4.69, 9.17) is 9.15 Å². The van der Waals surface area contributed by atoms with Gasteiger partial charge < -0.3 is 14.1 Å². The third-order valence-electron chi connectivity index (χ3n) is 2.72. The molecule has 1 aliphatic rings. The van der Waals surface area contributed by atoms with E-state index < -0.39 is 0 Å². The molecule has 0 aromatic carbocycles. The zero-order valence-corrected chi connectivity index (χ0v) is 10.8. The third kappa shape index (κ3) is 2.69. The first-order valence-corrected chi connectivity index (χ1v) is 5.82. The van der Waals surface area contributed by atoms with Crippen LogP contribution in [0.25, 0.3) is 0 Å². The van der Waals surface area contributed by atoms with Gasteiger partial charge in [0.25, 0.3) is 5.91 Å². The van der Waals surface area contributed by atoms with Gasteiger partial charge >= 0.3 is 0 Å². The lowest BCUT2D eigenvalue weighted by molar-refractivity contribution is -0.171. The molecule has 1 aliphatic heterocycles. The zero-order chi connectivity index (χ0) is 12.7. The highest BCUT2D eigenvalue weighted by molar-refractivity contribution is 5.91. The van der Waals surface area contributed by atoms with E-state index in [1.54, 1.807) is 17.0 Å². The van der Waals surface area contributed by atoms with Crippen molar-refractivity contribution in [3.05, 3.63) is 24.2 Å². The Morgan fingerprint density at radius 2 is 1.82 bits per heavy atom. The average molecular weight is 237 g/mol. The highest BCUT2D eigenvalue weighted by Crippen LogP contribution is 2.28. The van der Waals surface area contributed by atoms with Crippen LogP contribution in [0.15, 0.2) is 22.8 Å². The van der Waals surface area contributed by atoms with Gasteiger partial charge in [-0.2, -0.15) is 0 Å². The molecule has 0 saturated carbocycles. The van der Waals surface area contributed by atoms with Crippen molar-refractivity contribution >= 4 is 5.91 Å². The molecule has 1 fully saturated rings. The fraction of sp³-hybridized carbons (Fsp3) is 0.615. The SMILES string of the molecule is CC1(C)CN(C(=O)c2ccco2)CC(C)(C)O1. The summed E-state index contributed by atoms with van der Waals surface area (Å²) >= 11 is 0. The molecule has 17 heavy (non-hydrogen) atoms. The lowest BCUT2D eigenvalue weighted by Crippen LogP contribution is -2.58.